The Morgan fingerprint density at radius 2 is 2.04 bits per heavy atom. The highest BCUT2D eigenvalue weighted by molar-refractivity contribution is 5.80. The van der Waals surface area contributed by atoms with Crippen LogP contribution >= 0.6 is 0 Å². The van der Waals surface area contributed by atoms with E-state index in [0.29, 0.717) is 24.5 Å². The van der Waals surface area contributed by atoms with Crippen LogP contribution < -0.4 is 20.1 Å². The van der Waals surface area contributed by atoms with Crippen LogP contribution in [0.5, 0.6) is 11.5 Å². The molecule has 0 saturated carbocycles. The summed E-state index contributed by atoms with van der Waals surface area (Å²) in [6, 6.07) is 6.83. The lowest BCUT2D eigenvalue weighted by molar-refractivity contribution is 0.265. The normalized spacial score (nSPS) is 21.5. The van der Waals surface area contributed by atoms with Gasteiger partial charge in [-0.25, -0.2) is 0 Å². The van der Waals surface area contributed by atoms with Gasteiger partial charge in [0.15, 0.2) is 5.96 Å². The van der Waals surface area contributed by atoms with Crippen LogP contribution in [0, 0.1) is 5.92 Å². The predicted molar refractivity (Wildman–Crippen MR) is 103 cm³/mol. The molecule has 2 atom stereocenters. The molecule has 1 aromatic rings. The summed E-state index contributed by atoms with van der Waals surface area (Å²) in [5.41, 5.74) is 1.06. The molecular formula is C19H32N4O2. The third-order valence-electron chi connectivity index (χ3n) is 4.86. The molecule has 1 aliphatic heterocycles. The quantitative estimate of drug-likeness (QED) is 0.609. The second-order valence-electron chi connectivity index (χ2n) is 6.88. The van der Waals surface area contributed by atoms with E-state index in [1.807, 2.05) is 18.2 Å². The zero-order chi connectivity index (χ0) is 18.4. The minimum Gasteiger partial charge on any atom is -0.497 e. The number of guanidine groups is 1. The van der Waals surface area contributed by atoms with Crippen molar-refractivity contribution >= 4 is 5.96 Å². The molecule has 140 valence electrons. The number of aliphatic imine (C=N–C) groups is 1. The van der Waals surface area contributed by atoms with E-state index in [2.05, 4.69) is 41.3 Å². The topological polar surface area (TPSA) is 58.1 Å². The first-order valence-electron chi connectivity index (χ1n) is 8.90. The highest BCUT2D eigenvalue weighted by Crippen LogP contribution is 2.24. The number of hydrogen-bond acceptors (Lipinski definition) is 4. The number of benzene rings is 1. The molecule has 1 saturated heterocycles. The Balaban J connectivity index is 1.95. The smallest absolute Gasteiger partial charge is 0.191 e. The minimum absolute atomic E-state index is 0.409. The van der Waals surface area contributed by atoms with Gasteiger partial charge in [0.05, 0.1) is 14.2 Å². The van der Waals surface area contributed by atoms with E-state index in [1.165, 1.54) is 0 Å². The highest BCUT2D eigenvalue weighted by Gasteiger charge is 2.31. The first kappa shape index (κ1) is 19.4. The van der Waals surface area contributed by atoms with Crippen molar-refractivity contribution < 1.29 is 9.47 Å². The maximum Gasteiger partial charge on any atom is 0.191 e. The molecule has 6 nitrogen and oxygen atoms in total. The first-order chi connectivity index (χ1) is 12.0. The highest BCUT2D eigenvalue weighted by atomic mass is 16.5. The zero-order valence-corrected chi connectivity index (χ0v) is 16.3. The second-order valence-corrected chi connectivity index (χ2v) is 6.88. The van der Waals surface area contributed by atoms with Gasteiger partial charge in [0.1, 0.15) is 11.5 Å². The van der Waals surface area contributed by atoms with Gasteiger partial charge in [0.2, 0.25) is 0 Å². The Morgan fingerprint density at radius 1 is 1.28 bits per heavy atom. The molecule has 1 aliphatic rings. The van der Waals surface area contributed by atoms with Gasteiger partial charge in [-0.3, -0.25) is 9.89 Å². The summed E-state index contributed by atoms with van der Waals surface area (Å²) in [6.45, 7) is 9.60. The number of nitrogens with zero attached hydrogens (tertiary/aromatic N) is 2. The second kappa shape index (κ2) is 8.94. The molecule has 1 aromatic carbocycles. The van der Waals surface area contributed by atoms with Crippen LogP contribution in [0.15, 0.2) is 23.2 Å². The van der Waals surface area contributed by atoms with Crippen molar-refractivity contribution in [3.8, 4) is 11.5 Å². The molecule has 25 heavy (non-hydrogen) atoms. The molecule has 2 rings (SSSR count). The molecule has 0 aromatic heterocycles. The van der Waals surface area contributed by atoms with Gasteiger partial charge < -0.3 is 20.1 Å². The first-order valence-corrected chi connectivity index (χ1v) is 8.90. The molecule has 2 N–H and O–H groups in total. The monoisotopic (exact) mass is 348 g/mol. The van der Waals surface area contributed by atoms with E-state index in [9.17, 15) is 0 Å². The lowest BCUT2D eigenvalue weighted by atomic mass is 10.1. The van der Waals surface area contributed by atoms with E-state index >= 15 is 0 Å². The van der Waals surface area contributed by atoms with Crippen LogP contribution in [0.1, 0.15) is 26.3 Å². The summed E-state index contributed by atoms with van der Waals surface area (Å²) in [6.07, 6.45) is 0. The van der Waals surface area contributed by atoms with Gasteiger partial charge in [0.25, 0.3) is 0 Å². The molecule has 0 radical (unpaired) electrons. The summed E-state index contributed by atoms with van der Waals surface area (Å²) >= 11 is 0. The molecule has 1 fully saturated rings. The van der Waals surface area contributed by atoms with Crippen molar-refractivity contribution in [2.45, 2.75) is 39.4 Å². The summed E-state index contributed by atoms with van der Waals surface area (Å²) in [5, 5.41) is 6.95. The Morgan fingerprint density at radius 3 is 2.60 bits per heavy atom. The number of likely N-dealkylation sites (tertiary alicyclic amines) is 1. The van der Waals surface area contributed by atoms with E-state index in [0.717, 1.165) is 36.1 Å². The van der Waals surface area contributed by atoms with E-state index in [-0.39, 0.29) is 0 Å². The third-order valence-corrected chi connectivity index (χ3v) is 4.86. The predicted octanol–water partition coefficient (Wildman–Crippen LogP) is 2.10. The average Bonchev–Trinajstić information content (AvgIpc) is 2.99. The molecule has 6 heteroatoms. The van der Waals surface area contributed by atoms with Crippen LogP contribution in [0.2, 0.25) is 0 Å². The fourth-order valence-electron chi connectivity index (χ4n) is 3.16. The van der Waals surface area contributed by atoms with E-state index in [4.69, 9.17) is 9.47 Å². The zero-order valence-electron chi connectivity index (χ0n) is 16.3. The van der Waals surface area contributed by atoms with Gasteiger partial charge in [-0.2, -0.15) is 0 Å². The van der Waals surface area contributed by atoms with Crippen molar-refractivity contribution in [3.63, 3.8) is 0 Å². The Labute approximate surface area is 151 Å². The standard InChI is InChI=1S/C19H32N4O2/c1-13(2)23-11-14(3)17(12-23)22-19(20-4)21-10-15-7-8-16(24-5)9-18(15)25-6/h7-9,13-14,17H,10-12H2,1-6H3,(H2,20,21,22). The summed E-state index contributed by atoms with van der Waals surface area (Å²) in [5.74, 6) is 3.01. The molecular weight excluding hydrogens is 316 g/mol. The van der Waals surface area contributed by atoms with Crippen molar-refractivity contribution in [1.29, 1.82) is 0 Å². The lowest BCUT2D eigenvalue weighted by Crippen LogP contribution is -2.46. The van der Waals surface area contributed by atoms with Crippen molar-refractivity contribution in [2.75, 3.05) is 34.4 Å². The number of nitrogens with one attached hydrogen (secondary N) is 2. The van der Waals surface area contributed by atoms with Crippen molar-refractivity contribution in [1.82, 2.24) is 15.5 Å². The number of ether oxygens (including phenoxy) is 2. The molecule has 0 bridgehead atoms. The Kier molecular flexibility index (Phi) is 6.93. The molecule has 2 unspecified atom stereocenters. The van der Waals surface area contributed by atoms with E-state index < -0.39 is 0 Å². The average molecular weight is 348 g/mol. The molecule has 0 spiro atoms. The van der Waals surface area contributed by atoms with Crippen molar-refractivity contribution in [2.24, 2.45) is 10.9 Å². The maximum atomic E-state index is 5.46. The van der Waals surface area contributed by atoms with Gasteiger partial charge >= 0.3 is 0 Å². The molecule has 0 amide bonds. The number of methoxy groups -OCH3 is 2. The fourth-order valence-corrected chi connectivity index (χ4v) is 3.16. The van der Waals surface area contributed by atoms with Crippen LogP contribution in [0.3, 0.4) is 0 Å². The number of rotatable bonds is 6. The van der Waals surface area contributed by atoms with Gasteiger partial charge in [-0.15, -0.1) is 0 Å². The van der Waals surface area contributed by atoms with Gasteiger partial charge in [0, 0.05) is 50.4 Å². The fraction of sp³-hybridized carbons (Fsp3) is 0.632. The summed E-state index contributed by atoms with van der Waals surface area (Å²) in [7, 11) is 5.13. The summed E-state index contributed by atoms with van der Waals surface area (Å²) < 4.78 is 10.7. The number of hydrogen-bond donors (Lipinski definition) is 2. The third kappa shape index (κ3) is 5.01. The molecule has 0 aliphatic carbocycles. The van der Waals surface area contributed by atoms with Gasteiger partial charge in [-0.1, -0.05) is 6.92 Å². The van der Waals surface area contributed by atoms with Crippen LogP contribution in [0.4, 0.5) is 0 Å². The van der Waals surface area contributed by atoms with Gasteiger partial charge in [-0.05, 0) is 31.9 Å². The Bertz CT molecular complexity index is 589. The van der Waals surface area contributed by atoms with Crippen LogP contribution in [0.25, 0.3) is 0 Å². The summed E-state index contributed by atoms with van der Waals surface area (Å²) in [4.78, 5) is 6.87. The maximum absolute atomic E-state index is 5.46. The Hall–Kier alpha value is -1.95. The van der Waals surface area contributed by atoms with Crippen LogP contribution in [-0.4, -0.2) is 57.3 Å². The molecule has 1 heterocycles. The van der Waals surface area contributed by atoms with E-state index in [1.54, 1.807) is 21.3 Å². The largest absolute Gasteiger partial charge is 0.497 e. The van der Waals surface area contributed by atoms with Crippen molar-refractivity contribution in [3.05, 3.63) is 23.8 Å². The lowest BCUT2D eigenvalue weighted by Gasteiger charge is -2.22. The van der Waals surface area contributed by atoms with Crippen LogP contribution in [-0.2, 0) is 6.54 Å². The minimum atomic E-state index is 0.409. The SMILES string of the molecule is CN=C(NCc1ccc(OC)cc1OC)NC1CN(C(C)C)CC1C.